The average molecular weight is 396 g/mol. The summed E-state index contributed by atoms with van der Waals surface area (Å²) in [5, 5.41) is 2.83. The number of piperidine rings is 1. The molecule has 8 heteroatoms. The molecule has 2 fully saturated rings. The number of nitrogens with one attached hydrogen (secondary N) is 1. The van der Waals surface area contributed by atoms with Gasteiger partial charge in [0.2, 0.25) is 0 Å². The van der Waals surface area contributed by atoms with Crippen LogP contribution in [0.2, 0.25) is 0 Å². The van der Waals surface area contributed by atoms with E-state index in [-0.39, 0.29) is 10.9 Å². The zero-order chi connectivity index (χ0) is 19.4. The molecule has 0 radical (unpaired) electrons. The molecular weight excluding hydrogens is 366 g/mol. The van der Waals surface area contributed by atoms with Crippen molar-refractivity contribution in [3.8, 4) is 0 Å². The van der Waals surface area contributed by atoms with Crippen LogP contribution in [0.1, 0.15) is 18.4 Å². The monoisotopic (exact) mass is 395 g/mol. The van der Waals surface area contributed by atoms with Crippen LogP contribution in [0.4, 0.5) is 10.5 Å². The van der Waals surface area contributed by atoms with Gasteiger partial charge >= 0.3 is 6.03 Å². The molecule has 1 atom stereocenters. The predicted molar refractivity (Wildman–Crippen MR) is 105 cm³/mol. The van der Waals surface area contributed by atoms with E-state index in [9.17, 15) is 13.2 Å². The Morgan fingerprint density at radius 3 is 2.70 bits per heavy atom. The molecule has 0 saturated carbocycles. The topological polar surface area (TPSA) is 79.0 Å². The zero-order valence-electron chi connectivity index (χ0n) is 16.1. The molecule has 2 saturated heterocycles. The van der Waals surface area contributed by atoms with Crippen molar-refractivity contribution in [2.24, 2.45) is 5.92 Å². The Hall–Kier alpha value is -1.64. The Labute approximate surface area is 161 Å². The number of amides is 2. The first-order valence-corrected chi connectivity index (χ1v) is 11.4. The predicted octanol–water partition coefficient (Wildman–Crippen LogP) is 1.97. The standard InChI is InChI=1S/C19H29N3O4S/c1-15-5-6-18(27(2,24)25)17(12-15)20-19(23)22-7-3-4-16(14-22)13-21-8-10-26-11-9-21/h5-6,12,16H,3-4,7-11,13-14H2,1-2H3,(H,20,23)/t16-/m0/s1. The van der Waals surface area contributed by atoms with Gasteiger partial charge in [0, 0.05) is 39.0 Å². The highest BCUT2D eigenvalue weighted by Crippen LogP contribution is 2.24. The molecule has 2 amide bonds. The molecule has 7 nitrogen and oxygen atoms in total. The van der Waals surface area contributed by atoms with Gasteiger partial charge in [0.25, 0.3) is 0 Å². The van der Waals surface area contributed by atoms with E-state index >= 15 is 0 Å². The first-order chi connectivity index (χ1) is 12.8. The quantitative estimate of drug-likeness (QED) is 0.843. The molecule has 1 aromatic rings. The van der Waals surface area contributed by atoms with Crippen molar-refractivity contribution in [1.29, 1.82) is 0 Å². The van der Waals surface area contributed by atoms with E-state index in [4.69, 9.17) is 4.74 Å². The lowest BCUT2D eigenvalue weighted by molar-refractivity contribution is 0.0252. The molecule has 2 heterocycles. The number of morpholine rings is 1. The Balaban J connectivity index is 1.65. The van der Waals surface area contributed by atoms with Crippen molar-refractivity contribution < 1.29 is 17.9 Å². The number of nitrogens with zero attached hydrogens (tertiary/aromatic N) is 2. The number of hydrogen-bond acceptors (Lipinski definition) is 5. The lowest BCUT2D eigenvalue weighted by atomic mass is 9.97. The Morgan fingerprint density at radius 1 is 1.26 bits per heavy atom. The number of carbonyl (C=O) groups excluding carboxylic acids is 1. The number of urea groups is 1. The van der Waals surface area contributed by atoms with E-state index < -0.39 is 9.84 Å². The van der Waals surface area contributed by atoms with E-state index in [0.717, 1.165) is 57.5 Å². The molecule has 1 aromatic carbocycles. The number of sulfone groups is 1. The third-order valence-electron chi connectivity index (χ3n) is 5.20. The highest BCUT2D eigenvalue weighted by Gasteiger charge is 2.26. The summed E-state index contributed by atoms with van der Waals surface area (Å²) in [5.74, 6) is 0.439. The Morgan fingerprint density at radius 2 is 2.00 bits per heavy atom. The molecule has 2 aliphatic heterocycles. The van der Waals surface area contributed by atoms with Gasteiger partial charge < -0.3 is 15.0 Å². The van der Waals surface area contributed by atoms with Gasteiger partial charge in [0.1, 0.15) is 0 Å². The number of hydrogen-bond donors (Lipinski definition) is 1. The maximum absolute atomic E-state index is 12.8. The maximum atomic E-state index is 12.8. The minimum absolute atomic E-state index is 0.156. The summed E-state index contributed by atoms with van der Waals surface area (Å²) in [5.41, 5.74) is 1.26. The van der Waals surface area contributed by atoms with Crippen LogP contribution in [-0.4, -0.2) is 76.4 Å². The number of rotatable bonds is 4. The van der Waals surface area contributed by atoms with E-state index in [0.29, 0.717) is 24.7 Å². The maximum Gasteiger partial charge on any atom is 0.321 e. The molecule has 2 aliphatic rings. The minimum atomic E-state index is -3.41. The average Bonchev–Trinajstić information content (AvgIpc) is 2.62. The Kier molecular flexibility index (Phi) is 6.39. The highest BCUT2D eigenvalue weighted by molar-refractivity contribution is 7.90. The summed E-state index contributed by atoms with van der Waals surface area (Å²) >= 11 is 0. The van der Waals surface area contributed by atoms with Gasteiger partial charge in [-0.3, -0.25) is 4.90 Å². The SMILES string of the molecule is Cc1ccc(S(C)(=O)=O)c(NC(=O)N2CCC[C@@H](CN3CCOCC3)C2)c1. The van der Waals surface area contributed by atoms with Crippen molar-refractivity contribution >= 4 is 21.6 Å². The third kappa shape index (κ3) is 5.43. The second-order valence-electron chi connectivity index (χ2n) is 7.57. The molecule has 3 rings (SSSR count). The molecule has 0 aliphatic carbocycles. The normalized spacial score (nSPS) is 21.9. The van der Waals surface area contributed by atoms with E-state index in [1.807, 2.05) is 11.8 Å². The van der Waals surface area contributed by atoms with Gasteiger partial charge in [-0.1, -0.05) is 6.07 Å². The summed E-state index contributed by atoms with van der Waals surface area (Å²) < 4.78 is 29.4. The number of carbonyl (C=O) groups is 1. The number of anilines is 1. The van der Waals surface area contributed by atoms with Crippen LogP contribution < -0.4 is 5.32 Å². The summed E-state index contributed by atoms with van der Waals surface area (Å²) in [6.45, 7) is 7.70. The zero-order valence-corrected chi connectivity index (χ0v) is 16.9. The largest absolute Gasteiger partial charge is 0.379 e. The molecule has 27 heavy (non-hydrogen) atoms. The lowest BCUT2D eigenvalue weighted by Gasteiger charge is -2.36. The first kappa shape index (κ1) is 20.1. The van der Waals surface area contributed by atoms with Crippen LogP contribution in [0.15, 0.2) is 23.1 Å². The molecular formula is C19H29N3O4S. The second kappa shape index (κ2) is 8.58. The summed E-state index contributed by atoms with van der Waals surface area (Å²) in [4.78, 5) is 17.1. The molecule has 0 aromatic heterocycles. The summed E-state index contributed by atoms with van der Waals surface area (Å²) in [7, 11) is -3.41. The van der Waals surface area contributed by atoms with Gasteiger partial charge in [0.05, 0.1) is 23.8 Å². The number of aryl methyl sites for hydroxylation is 1. The van der Waals surface area contributed by atoms with Crippen LogP contribution in [-0.2, 0) is 14.6 Å². The van der Waals surface area contributed by atoms with Crippen molar-refractivity contribution in [3.05, 3.63) is 23.8 Å². The van der Waals surface area contributed by atoms with Crippen molar-refractivity contribution in [2.75, 3.05) is 57.5 Å². The number of ether oxygens (including phenoxy) is 1. The van der Waals surface area contributed by atoms with Gasteiger partial charge in [0.15, 0.2) is 9.84 Å². The van der Waals surface area contributed by atoms with Crippen LogP contribution >= 0.6 is 0 Å². The molecule has 0 bridgehead atoms. The third-order valence-corrected chi connectivity index (χ3v) is 6.36. The van der Waals surface area contributed by atoms with Crippen LogP contribution in [0.5, 0.6) is 0 Å². The van der Waals surface area contributed by atoms with Crippen molar-refractivity contribution in [2.45, 2.75) is 24.7 Å². The fourth-order valence-electron chi connectivity index (χ4n) is 3.81. The fraction of sp³-hybridized carbons (Fsp3) is 0.632. The van der Waals surface area contributed by atoms with Gasteiger partial charge in [-0.2, -0.15) is 0 Å². The van der Waals surface area contributed by atoms with E-state index in [1.165, 1.54) is 0 Å². The van der Waals surface area contributed by atoms with Gasteiger partial charge in [-0.05, 0) is 43.4 Å². The van der Waals surface area contributed by atoms with Gasteiger partial charge in [-0.15, -0.1) is 0 Å². The second-order valence-corrected chi connectivity index (χ2v) is 9.55. The number of likely N-dealkylation sites (tertiary alicyclic amines) is 1. The van der Waals surface area contributed by atoms with E-state index in [2.05, 4.69) is 10.2 Å². The van der Waals surface area contributed by atoms with Crippen molar-refractivity contribution in [3.63, 3.8) is 0 Å². The smallest absolute Gasteiger partial charge is 0.321 e. The van der Waals surface area contributed by atoms with Gasteiger partial charge in [-0.25, -0.2) is 13.2 Å². The molecule has 150 valence electrons. The minimum Gasteiger partial charge on any atom is -0.379 e. The molecule has 0 spiro atoms. The van der Waals surface area contributed by atoms with Crippen LogP contribution in [0, 0.1) is 12.8 Å². The van der Waals surface area contributed by atoms with Crippen LogP contribution in [0.3, 0.4) is 0 Å². The molecule has 1 N–H and O–H groups in total. The summed E-state index contributed by atoms with van der Waals surface area (Å²) in [6.07, 6.45) is 3.24. The van der Waals surface area contributed by atoms with Crippen LogP contribution in [0.25, 0.3) is 0 Å². The molecule has 0 unspecified atom stereocenters. The van der Waals surface area contributed by atoms with Crippen molar-refractivity contribution in [1.82, 2.24) is 9.80 Å². The number of benzene rings is 1. The summed E-state index contributed by atoms with van der Waals surface area (Å²) in [6, 6.07) is 4.78. The fourth-order valence-corrected chi connectivity index (χ4v) is 4.63. The lowest BCUT2D eigenvalue weighted by Crippen LogP contribution is -2.47. The Bertz CT molecular complexity index is 775. The first-order valence-electron chi connectivity index (χ1n) is 9.49. The highest BCUT2D eigenvalue weighted by atomic mass is 32.2. The van der Waals surface area contributed by atoms with E-state index in [1.54, 1.807) is 18.2 Å².